The van der Waals surface area contributed by atoms with Gasteiger partial charge in [-0.05, 0) is 30.7 Å². The fraction of sp³-hybridized carbons (Fsp3) is 0.200. The van der Waals surface area contributed by atoms with Crippen LogP contribution in [0, 0.1) is 6.92 Å². The third kappa shape index (κ3) is 2.95. The Labute approximate surface area is 97.2 Å². The van der Waals surface area contributed by atoms with Crippen LogP contribution in [0.2, 0.25) is 5.02 Å². The number of amides is 2. The van der Waals surface area contributed by atoms with E-state index >= 15 is 0 Å². The van der Waals surface area contributed by atoms with E-state index in [0.29, 0.717) is 10.7 Å². The van der Waals surface area contributed by atoms with Crippen molar-refractivity contribution in [1.82, 2.24) is 0 Å². The number of carbonyl (C=O) groups is 2. The van der Waals surface area contributed by atoms with Crippen LogP contribution in [-0.2, 0) is 9.59 Å². The largest absolute Gasteiger partial charge is 0.375 e. The summed E-state index contributed by atoms with van der Waals surface area (Å²) >= 11 is 5.79. The molecule has 0 fully saturated rings. The molecule has 16 heavy (non-hydrogen) atoms. The molecule has 86 valence electrons. The number of aliphatic hydroxyl groups is 1. The Morgan fingerprint density at radius 3 is 2.62 bits per heavy atom. The summed E-state index contributed by atoms with van der Waals surface area (Å²) in [6.07, 6.45) is -1.85. The topological polar surface area (TPSA) is 92.4 Å². The minimum absolute atomic E-state index is 0.437. The quantitative estimate of drug-likeness (QED) is 0.672. The zero-order chi connectivity index (χ0) is 12.3. The maximum absolute atomic E-state index is 11.3. The maximum Gasteiger partial charge on any atom is 0.263 e. The minimum atomic E-state index is -1.85. The molecule has 0 bridgehead atoms. The number of carbonyl (C=O) groups excluding carboxylic acids is 2. The van der Waals surface area contributed by atoms with Crippen LogP contribution in [0.3, 0.4) is 0 Å². The molecule has 1 rings (SSSR count). The van der Waals surface area contributed by atoms with Crippen LogP contribution >= 0.6 is 11.6 Å². The van der Waals surface area contributed by atoms with Gasteiger partial charge in [0.1, 0.15) is 0 Å². The summed E-state index contributed by atoms with van der Waals surface area (Å²) in [4.78, 5) is 21.8. The molecular formula is C10H11ClN2O3. The van der Waals surface area contributed by atoms with Gasteiger partial charge < -0.3 is 16.2 Å². The predicted octanol–water partition coefficient (Wildman–Crippen LogP) is 0.433. The first-order valence-electron chi connectivity index (χ1n) is 4.46. The Hall–Kier alpha value is -1.59. The van der Waals surface area contributed by atoms with E-state index in [-0.39, 0.29) is 0 Å². The van der Waals surface area contributed by atoms with Gasteiger partial charge in [0.25, 0.3) is 11.8 Å². The van der Waals surface area contributed by atoms with Gasteiger partial charge in [-0.25, -0.2) is 0 Å². The molecule has 0 aromatic heterocycles. The van der Waals surface area contributed by atoms with Gasteiger partial charge in [0, 0.05) is 10.7 Å². The zero-order valence-electron chi connectivity index (χ0n) is 8.53. The molecule has 0 saturated heterocycles. The van der Waals surface area contributed by atoms with E-state index in [0.717, 1.165) is 5.56 Å². The second-order valence-corrected chi connectivity index (χ2v) is 3.67. The van der Waals surface area contributed by atoms with Crippen LogP contribution in [0.15, 0.2) is 18.2 Å². The highest BCUT2D eigenvalue weighted by Crippen LogP contribution is 2.19. The lowest BCUT2D eigenvalue weighted by atomic mass is 10.2. The van der Waals surface area contributed by atoms with E-state index in [9.17, 15) is 9.59 Å². The van der Waals surface area contributed by atoms with Crippen LogP contribution < -0.4 is 11.1 Å². The van der Waals surface area contributed by atoms with Crippen molar-refractivity contribution in [2.75, 3.05) is 5.32 Å². The number of hydrogen-bond acceptors (Lipinski definition) is 3. The molecule has 1 atom stereocenters. The third-order valence-corrected chi connectivity index (χ3v) is 2.37. The average Bonchev–Trinajstić information content (AvgIpc) is 2.22. The number of halogens is 1. The van der Waals surface area contributed by atoms with E-state index in [4.69, 9.17) is 22.4 Å². The first kappa shape index (κ1) is 12.5. The molecule has 0 saturated carbocycles. The van der Waals surface area contributed by atoms with Gasteiger partial charge in [-0.15, -0.1) is 0 Å². The Morgan fingerprint density at radius 2 is 2.12 bits per heavy atom. The average molecular weight is 243 g/mol. The van der Waals surface area contributed by atoms with Crippen molar-refractivity contribution >= 4 is 29.1 Å². The lowest BCUT2D eigenvalue weighted by molar-refractivity contribution is -0.136. The number of primary amides is 1. The Morgan fingerprint density at radius 1 is 1.50 bits per heavy atom. The predicted molar refractivity (Wildman–Crippen MR) is 60.0 cm³/mol. The van der Waals surface area contributed by atoms with Gasteiger partial charge in [-0.3, -0.25) is 9.59 Å². The minimum Gasteiger partial charge on any atom is -0.375 e. The summed E-state index contributed by atoms with van der Waals surface area (Å²) in [6, 6.07) is 4.78. The van der Waals surface area contributed by atoms with Gasteiger partial charge in [0.2, 0.25) is 6.10 Å². The molecule has 1 unspecified atom stereocenters. The summed E-state index contributed by atoms with van der Waals surface area (Å²) in [5.74, 6) is -1.96. The summed E-state index contributed by atoms with van der Waals surface area (Å²) in [7, 11) is 0. The summed E-state index contributed by atoms with van der Waals surface area (Å²) in [6.45, 7) is 1.77. The molecule has 4 N–H and O–H groups in total. The summed E-state index contributed by atoms with van der Waals surface area (Å²) in [5.41, 5.74) is 5.98. The van der Waals surface area contributed by atoms with Gasteiger partial charge >= 0.3 is 0 Å². The number of nitrogens with two attached hydrogens (primary N) is 1. The number of rotatable bonds is 3. The normalized spacial score (nSPS) is 11.9. The van der Waals surface area contributed by atoms with E-state index < -0.39 is 17.9 Å². The van der Waals surface area contributed by atoms with Crippen LogP contribution in [0.5, 0.6) is 0 Å². The number of hydrogen-bond donors (Lipinski definition) is 3. The van der Waals surface area contributed by atoms with Crippen molar-refractivity contribution in [2.45, 2.75) is 13.0 Å². The SMILES string of the molecule is Cc1cc(NC(=O)C(O)C(N)=O)ccc1Cl. The van der Waals surface area contributed by atoms with Gasteiger partial charge in [0.05, 0.1) is 0 Å². The van der Waals surface area contributed by atoms with Crippen molar-refractivity contribution in [3.05, 3.63) is 28.8 Å². The number of anilines is 1. The smallest absolute Gasteiger partial charge is 0.263 e. The van der Waals surface area contributed by atoms with E-state index in [1.165, 1.54) is 0 Å². The molecule has 0 aliphatic heterocycles. The molecule has 2 amide bonds. The molecule has 0 aliphatic carbocycles. The van der Waals surface area contributed by atoms with Crippen LogP contribution in [0.4, 0.5) is 5.69 Å². The summed E-state index contributed by atoms with van der Waals surface area (Å²) < 4.78 is 0. The highest BCUT2D eigenvalue weighted by atomic mass is 35.5. The Kier molecular flexibility index (Phi) is 3.87. The van der Waals surface area contributed by atoms with Crippen LogP contribution in [0.25, 0.3) is 0 Å². The van der Waals surface area contributed by atoms with E-state index in [1.807, 2.05) is 0 Å². The highest BCUT2D eigenvalue weighted by Gasteiger charge is 2.20. The van der Waals surface area contributed by atoms with Gasteiger partial charge in [0.15, 0.2) is 0 Å². The van der Waals surface area contributed by atoms with Gasteiger partial charge in [-0.2, -0.15) is 0 Å². The molecule has 6 heteroatoms. The molecule has 5 nitrogen and oxygen atoms in total. The van der Waals surface area contributed by atoms with E-state index in [2.05, 4.69) is 5.32 Å². The molecule has 0 heterocycles. The fourth-order valence-electron chi connectivity index (χ4n) is 1.06. The Bertz CT molecular complexity index is 434. The zero-order valence-corrected chi connectivity index (χ0v) is 9.28. The standard InChI is InChI=1S/C10H11ClN2O3/c1-5-4-6(2-3-7(5)11)13-10(16)8(14)9(12)15/h2-4,8,14H,1H3,(H2,12,15)(H,13,16). The van der Waals surface area contributed by atoms with Gasteiger partial charge in [-0.1, -0.05) is 11.6 Å². The van der Waals surface area contributed by atoms with Crippen molar-refractivity contribution in [3.8, 4) is 0 Å². The molecule has 0 spiro atoms. The third-order valence-electron chi connectivity index (χ3n) is 1.94. The van der Waals surface area contributed by atoms with Crippen molar-refractivity contribution in [2.24, 2.45) is 5.73 Å². The lowest BCUT2D eigenvalue weighted by Gasteiger charge is -2.09. The first-order valence-corrected chi connectivity index (χ1v) is 4.84. The second kappa shape index (κ2) is 4.96. The number of aryl methyl sites for hydroxylation is 1. The maximum atomic E-state index is 11.3. The molecule has 0 aliphatic rings. The van der Waals surface area contributed by atoms with E-state index in [1.54, 1.807) is 25.1 Å². The van der Waals surface area contributed by atoms with Crippen molar-refractivity contribution in [1.29, 1.82) is 0 Å². The number of benzene rings is 1. The number of nitrogens with one attached hydrogen (secondary N) is 1. The van der Waals surface area contributed by atoms with Crippen LogP contribution in [0.1, 0.15) is 5.56 Å². The Balaban J connectivity index is 2.77. The molecule has 1 aromatic carbocycles. The monoisotopic (exact) mass is 242 g/mol. The highest BCUT2D eigenvalue weighted by molar-refractivity contribution is 6.31. The molecule has 1 aromatic rings. The number of aliphatic hydroxyl groups excluding tert-OH is 1. The van der Waals surface area contributed by atoms with Crippen LogP contribution in [-0.4, -0.2) is 23.0 Å². The second-order valence-electron chi connectivity index (χ2n) is 3.26. The van der Waals surface area contributed by atoms with Crippen molar-refractivity contribution < 1.29 is 14.7 Å². The molecule has 0 radical (unpaired) electrons. The lowest BCUT2D eigenvalue weighted by Crippen LogP contribution is -2.39. The fourth-order valence-corrected chi connectivity index (χ4v) is 1.18. The molecular weight excluding hydrogens is 232 g/mol. The summed E-state index contributed by atoms with van der Waals surface area (Å²) in [5, 5.41) is 12.0. The first-order chi connectivity index (χ1) is 7.41. The van der Waals surface area contributed by atoms with Crippen molar-refractivity contribution in [3.63, 3.8) is 0 Å².